The van der Waals surface area contributed by atoms with Crippen molar-refractivity contribution in [3.8, 4) is 33.6 Å². The standard InChI is InChI=1S/C24H19ClN2/c1-16-3-7-19(8-4-16)23-15-22(18-11-13-21(25)14-12-18)24(27-26-23)20-9-5-17(2)6-10-20/h3-15H,1-2H3. The molecule has 0 aliphatic rings. The molecule has 3 heteroatoms. The monoisotopic (exact) mass is 370 g/mol. The molecule has 0 bridgehead atoms. The Morgan fingerprint density at radius 1 is 0.593 bits per heavy atom. The van der Waals surface area contributed by atoms with Crippen LogP contribution in [0.5, 0.6) is 0 Å². The summed E-state index contributed by atoms with van der Waals surface area (Å²) in [5.41, 5.74) is 8.38. The maximum Gasteiger partial charge on any atom is 0.101 e. The van der Waals surface area contributed by atoms with Crippen molar-refractivity contribution >= 4 is 11.6 Å². The molecule has 0 aliphatic heterocycles. The SMILES string of the molecule is Cc1ccc(-c2cc(-c3ccc(Cl)cc3)c(-c3ccc(C)cc3)nn2)cc1. The molecule has 0 radical (unpaired) electrons. The summed E-state index contributed by atoms with van der Waals surface area (Å²) in [7, 11) is 0. The Bertz CT molecular complexity index is 1070. The number of nitrogens with zero attached hydrogens (tertiary/aromatic N) is 2. The van der Waals surface area contributed by atoms with E-state index in [1.807, 2.05) is 24.3 Å². The first-order valence-corrected chi connectivity index (χ1v) is 9.26. The average Bonchev–Trinajstić information content (AvgIpc) is 2.69. The number of hydrogen-bond donors (Lipinski definition) is 0. The van der Waals surface area contributed by atoms with Crippen LogP contribution in [0.1, 0.15) is 11.1 Å². The highest BCUT2D eigenvalue weighted by Crippen LogP contribution is 2.33. The molecule has 4 rings (SSSR count). The van der Waals surface area contributed by atoms with Gasteiger partial charge in [-0.25, -0.2) is 0 Å². The number of rotatable bonds is 3. The zero-order valence-electron chi connectivity index (χ0n) is 15.3. The van der Waals surface area contributed by atoms with Gasteiger partial charge in [-0.15, -0.1) is 10.2 Å². The minimum atomic E-state index is 0.719. The molecule has 132 valence electrons. The van der Waals surface area contributed by atoms with E-state index in [4.69, 9.17) is 11.6 Å². The maximum absolute atomic E-state index is 6.09. The van der Waals surface area contributed by atoms with Crippen LogP contribution >= 0.6 is 11.6 Å². The molecule has 3 aromatic carbocycles. The van der Waals surface area contributed by atoms with Gasteiger partial charge in [-0.2, -0.15) is 0 Å². The molecule has 0 spiro atoms. The molecule has 27 heavy (non-hydrogen) atoms. The molecule has 0 amide bonds. The van der Waals surface area contributed by atoms with Gasteiger partial charge in [0.1, 0.15) is 5.69 Å². The predicted octanol–water partition coefficient (Wildman–Crippen LogP) is 6.75. The van der Waals surface area contributed by atoms with Crippen LogP contribution in [0, 0.1) is 13.8 Å². The Hall–Kier alpha value is -2.97. The molecule has 0 saturated carbocycles. The molecule has 2 nitrogen and oxygen atoms in total. The van der Waals surface area contributed by atoms with Gasteiger partial charge in [0.2, 0.25) is 0 Å². The molecule has 0 atom stereocenters. The lowest BCUT2D eigenvalue weighted by Gasteiger charge is -2.11. The first-order chi connectivity index (χ1) is 13.1. The lowest BCUT2D eigenvalue weighted by atomic mass is 9.97. The molecule has 0 saturated heterocycles. The summed E-state index contributed by atoms with van der Waals surface area (Å²) in [6.07, 6.45) is 0. The summed E-state index contributed by atoms with van der Waals surface area (Å²) in [5.74, 6) is 0. The van der Waals surface area contributed by atoms with Crippen LogP contribution in [0.25, 0.3) is 33.6 Å². The number of halogens is 1. The topological polar surface area (TPSA) is 25.8 Å². The number of benzene rings is 3. The Labute approximate surface area is 164 Å². The number of aromatic nitrogens is 2. The fraction of sp³-hybridized carbons (Fsp3) is 0.0833. The quantitative estimate of drug-likeness (QED) is 0.398. The second-order valence-corrected chi connectivity index (χ2v) is 7.17. The molecule has 0 N–H and O–H groups in total. The summed E-state index contributed by atoms with van der Waals surface area (Å²) in [6.45, 7) is 4.16. The van der Waals surface area contributed by atoms with E-state index < -0.39 is 0 Å². The summed E-state index contributed by atoms with van der Waals surface area (Å²) in [4.78, 5) is 0. The van der Waals surface area contributed by atoms with Gasteiger partial charge in [0.05, 0.1) is 5.69 Å². The first-order valence-electron chi connectivity index (χ1n) is 8.88. The van der Waals surface area contributed by atoms with Crippen LogP contribution in [-0.2, 0) is 0 Å². The van der Waals surface area contributed by atoms with Gasteiger partial charge in [0.15, 0.2) is 0 Å². The van der Waals surface area contributed by atoms with Crippen molar-refractivity contribution in [1.29, 1.82) is 0 Å². The smallest absolute Gasteiger partial charge is 0.101 e. The molecule has 0 unspecified atom stereocenters. The van der Waals surface area contributed by atoms with Crippen LogP contribution in [-0.4, -0.2) is 10.2 Å². The maximum atomic E-state index is 6.09. The Morgan fingerprint density at radius 2 is 1.11 bits per heavy atom. The first kappa shape index (κ1) is 17.4. The van der Waals surface area contributed by atoms with Gasteiger partial charge in [0.25, 0.3) is 0 Å². The molecule has 4 aromatic rings. The fourth-order valence-electron chi connectivity index (χ4n) is 3.03. The van der Waals surface area contributed by atoms with Crippen LogP contribution in [0.4, 0.5) is 0 Å². The Kier molecular flexibility index (Phi) is 4.74. The van der Waals surface area contributed by atoms with Crippen molar-refractivity contribution in [2.75, 3.05) is 0 Å². The van der Waals surface area contributed by atoms with Crippen molar-refractivity contribution < 1.29 is 0 Å². The molecule has 1 heterocycles. The second kappa shape index (κ2) is 7.34. The number of aryl methyl sites for hydroxylation is 2. The molecule has 1 aromatic heterocycles. The van der Waals surface area contributed by atoms with E-state index in [9.17, 15) is 0 Å². The molecule has 0 fully saturated rings. The molecular weight excluding hydrogens is 352 g/mol. The lowest BCUT2D eigenvalue weighted by molar-refractivity contribution is 1.05. The lowest BCUT2D eigenvalue weighted by Crippen LogP contribution is -1.96. The average molecular weight is 371 g/mol. The van der Waals surface area contributed by atoms with E-state index in [-0.39, 0.29) is 0 Å². The van der Waals surface area contributed by atoms with E-state index in [2.05, 4.69) is 78.6 Å². The van der Waals surface area contributed by atoms with Gasteiger partial charge >= 0.3 is 0 Å². The molecular formula is C24H19ClN2. The van der Waals surface area contributed by atoms with Crippen LogP contribution in [0.2, 0.25) is 5.02 Å². The third-order valence-electron chi connectivity index (χ3n) is 4.62. The normalized spacial score (nSPS) is 10.8. The summed E-state index contributed by atoms with van der Waals surface area (Å²) >= 11 is 6.09. The zero-order valence-corrected chi connectivity index (χ0v) is 16.0. The van der Waals surface area contributed by atoms with E-state index in [0.29, 0.717) is 0 Å². The minimum absolute atomic E-state index is 0.719. The Balaban J connectivity index is 1.89. The highest BCUT2D eigenvalue weighted by Gasteiger charge is 2.13. The fourth-order valence-corrected chi connectivity index (χ4v) is 3.16. The summed E-state index contributed by atoms with van der Waals surface area (Å²) in [6, 6.07) is 26.7. The third kappa shape index (κ3) is 3.76. The van der Waals surface area contributed by atoms with Crippen LogP contribution in [0.15, 0.2) is 78.9 Å². The third-order valence-corrected chi connectivity index (χ3v) is 4.87. The van der Waals surface area contributed by atoms with Crippen molar-refractivity contribution in [2.24, 2.45) is 0 Å². The van der Waals surface area contributed by atoms with Gasteiger partial charge in [-0.3, -0.25) is 0 Å². The second-order valence-electron chi connectivity index (χ2n) is 6.73. The van der Waals surface area contributed by atoms with Crippen LogP contribution < -0.4 is 0 Å². The van der Waals surface area contributed by atoms with Crippen molar-refractivity contribution in [1.82, 2.24) is 10.2 Å². The van der Waals surface area contributed by atoms with Gasteiger partial charge in [-0.1, -0.05) is 83.4 Å². The highest BCUT2D eigenvalue weighted by atomic mass is 35.5. The van der Waals surface area contributed by atoms with Crippen molar-refractivity contribution in [3.05, 3.63) is 95.0 Å². The largest absolute Gasteiger partial charge is 0.150 e. The number of hydrogen-bond acceptors (Lipinski definition) is 2. The van der Waals surface area contributed by atoms with E-state index in [0.717, 1.165) is 38.7 Å². The Morgan fingerprint density at radius 3 is 1.70 bits per heavy atom. The van der Waals surface area contributed by atoms with E-state index in [1.165, 1.54) is 11.1 Å². The summed E-state index contributed by atoms with van der Waals surface area (Å²) in [5, 5.41) is 9.82. The van der Waals surface area contributed by atoms with Crippen molar-refractivity contribution in [2.45, 2.75) is 13.8 Å². The van der Waals surface area contributed by atoms with Gasteiger partial charge in [-0.05, 0) is 37.6 Å². The van der Waals surface area contributed by atoms with E-state index in [1.54, 1.807) is 0 Å². The molecule has 0 aliphatic carbocycles. The van der Waals surface area contributed by atoms with Crippen LogP contribution in [0.3, 0.4) is 0 Å². The van der Waals surface area contributed by atoms with E-state index >= 15 is 0 Å². The summed E-state index contributed by atoms with van der Waals surface area (Å²) < 4.78 is 0. The van der Waals surface area contributed by atoms with Gasteiger partial charge in [0, 0.05) is 21.7 Å². The predicted molar refractivity (Wildman–Crippen MR) is 113 cm³/mol. The highest BCUT2D eigenvalue weighted by molar-refractivity contribution is 6.30. The van der Waals surface area contributed by atoms with Gasteiger partial charge < -0.3 is 0 Å². The minimum Gasteiger partial charge on any atom is -0.150 e. The zero-order chi connectivity index (χ0) is 18.8. The van der Waals surface area contributed by atoms with Crippen molar-refractivity contribution in [3.63, 3.8) is 0 Å².